The number of para-hydroxylation sites is 1. The Balaban J connectivity index is 1.02. The number of benzene rings is 1. The van der Waals surface area contributed by atoms with E-state index in [1.165, 1.54) is 10.7 Å². The van der Waals surface area contributed by atoms with Gasteiger partial charge in [-0.15, -0.1) is 0 Å². The van der Waals surface area contributed by atoms with Crippen LogP contribution in [0.5, 0.6) is 5.88 Å². The van der Waals surface area contributed by atoms with Gasteiger partial charge in [0, 0.05) is 44.8 Å². The highest BCUT2D eigenvalue weighted by atomic mass is 16.6. The highest BCUT2D eigenvalue weighted by Gasteiger charge is 2.36. The van der Waals surface area contributed by atoms with Crippen molar-refractivity contribution in [3.63, 3.8) is 0 Å². The van der Waals surface area contributed by atoms with E-state index in [9.17, 15) is 24.0 Å². The lowest BCUT2D eigenvalue weighted by Crippen LogP contribution is -2.53. The molecule has 0 bridgehead atoms. The lowest BCUT2D eigenvalue weighted by atomic mass is 9.93. The van der Waals surface area contributed by atoms with Gasteiger partial charge < -0.3 is 34.8 Å². The summed E-state index contributed by atoms with van der Waals surface area (Å²) in [6.07, 6.45) is 8.00. The van der Waals surface area contributed by atoms with Crippen LogP contribution in [0.3, 0.4) is 0 Å². The van der Waals surface area contributed by atoms with Crippen LogP contribution in [0, 0.1) is 0 Å². The first-order chi connectivity index (χ1) is 22.9. The average molecular weight is 650 g/mol. The van der Waals surface area contributed by atoms with Crippen LogP contribution >= 0.6 is 0 Å². The fraction of sp³-hybridized carbons (Fsp3) is 0.576. The summed E-state index contributed by atoms with van der Waals surface area (Å²) in [5.41, 5.74) is 0.635. The number of carbonyl (C=O) groups excluding carboxylic acids is 5. The molecule has 6 rings (SSSR count). The van der Waals surface area contributed by atoms with Crippen molar-refractivity contribution in [2.75, 3.05) is 45.9 Å². The van der Waals surface area contributed by atoms with E-state index in [2.05, 4.69) is 15.7 Å². The minimum absolute atomic E-state index is 0.0129. The second kappa shape index (κ2) is 14.9. The summed E-state index contributed by atoms with van der Waals surface area (Å²) in [6, 6.07) is 10.2. The topological polar surface area (TPSA) is 155 Å². The Morgan fingerprint density at radius 2 is 1.53 bits per heavy atom. The first-order valence-electron chi connectivity index (χ1n) is 16.8. The molecule has 2 N–H and O–H groups in total. The van der Waals surface area contributed by atoms with Gasteiger partial charge in [0.1, 0.15) is 12.1 Å². The molecule has 1 unspecified atom stereocenters. The summed E-state index contributed by atoms with van der Waals surface area (Å²) in [6.45, 7) is 1.35. The predicted molar refractivity (Wildman–Crippen MR) is 169 cm³/mol. The number of rotatable bonds is 10. The van der Waals surface area contributed by atoms with E-state index in [0.717, 1.165) is 51.4 Å². The van der Waals surface area contributed by atoms with Gasteiger partial charge in [-0.05, 0) is 69.9 Å². The molecule has 2 aliphatic carbocycles. The maximum Gasteiger partial charge on any atom is 0.410 e. The van der Waals surface area contributed by atoms with Crippen molar-refractivity contribution in [3.8, 4) is 11.6 Å². The zero-order valence-electron chi connectivity index (χ0n) is 26.6. The molecule has 47 heavy (non-hydrogen) atoms. The number of amides is 5. The molecule has 2 saturated heterocycles. The summed E-state index contributed by atoms with van der Waals surface area (Å²) < 4.78 is 12.9. The number of likely N-dealkylation sites (tertiary alicyclic amines) is 1. The quantitative estimate of drug-likeness (QED) is 0.395. The van der Waals surface area contributed by atoms with E-state index in [0.29, 0.717) is 44.8 Å². The molecule has 2 aliphatic heterocycles. The molecule has 4 fully saturated rings. The van der Waals surface area contributed by atoms with Gasteiger partial charge in [0.25, 0.3) is 11.8 Å². The van der Waals surface area contributed by atoms with Gasteiger partial charge in [0.2, 0.25) is 17.7 Å². The summed E-state index contributed by atoms with van der Waals surface area (Å²) in [5.74, 6) is -1.10. The van der Waals surface area contributed by atoms with Crippen LogP contribution in [0.1, 0.15) is 68.3 Å². The average Bonchev–Trinajstić information content (AvgIpc) is 3.86. The molecule has 1 atom stereocenters. The van der Waals surface area contributed by atoms with Crippen LogP contribution in [0.15, 0.2) is 36.4 Å². The van der Waals surface area contributed by atoms with Crippen LogP contribution in [-0.2, 0) is 19.1 Å². The van der Waals surface area contributed by atoms with Crippen LogP contribution in [0.4, 0.5) is 4.79 Å². The normalized spacial score (nSPS) is 20.1. The highest BCUT2D eigenvalue weighted by molar-refractivity contribution is 5.95. The van der Waals surface area contributed by atoms with Crippen molar-refractivity contribution in [1.29, 1.82) is 0 Å². The molecule has 4 aliphatic rings. The second-order valence-electron chi connectivity index (χ2n) is 12.6. The summed E-state index contributed by atoms with van der Waals surface area (Å²) in [7, 11) is 0. The van der Waals surface area contributed by atoms with E-state index in [-0.39, 0.29) is 60.7 Å². The van der Waals surface area contributed by atoms with Gasteiger partial charge in [-0.25, -0.2) is 9.48 Å². The Hall–Kier alpha value is -4.62. The third-order valence-corrected chi connectivity index (χ3v) is 9.44. The number of nitrogens with one attached hydrogen (secondary N) is 2. The molecular weight excluding hydrogens is 606 g/mol. The van der Waals surface area contributed by atoms with Crippen LogP contribution < -0.4 is 15.4 Å². The largest absolute Gasteiger partial charge is 0.467 e. The number of hydrogen-bond donors (Lipinski definition) is 2. The SMILES string of the molecule is O=C(NCC(=O)N1CCN(C(=O)OC2CCCC2)CC1)c1cc(OCC(=O)N2CCCC2C(=O)NC2CCC2)n(-c2ccccc2)n1. The van der Waals surface area contributed by atoms with Gasteiger partial charge in [-0.2, -0.15) is 5.10 Å². The smallest absolute Gasteiger partial charge is 0.410 e. The molecule has 252 valence electrons. The lowest BCUT2D eigenvalue weighted by Gasteiger charge is -2.34. The van der Waals surface area contributed by atoms with E-state index < -0.39 is 11.9 Å². The van der Waals surface area contributed by atoms with Crippen molar-refractivity contribution in [3.05, 3.63) is 42.1 Å². The summed E-state index contributed by atoms with van der Waals surface area (Å²) >= 11 is 0. The monoisotopic (exact) mass is 649 g/mol. The van der Waals surface area contributed by atoms with Crippen LogP contribution in [-0.4, -0.2) is 118 Å². The van der Waals surface area contributed by atoms with Crippen LogP contribution in [0.2, 0.25) is 0 Å². The van der Waals surface area contributed by atoms with Gasteiger partial charge in [0.15, 0.2) is 12.3 Å². The minimum atomic E-state index is -0.574. The van der Waals surface area contributed by atoms with E-state index in [1.54, 1.807) is 26.8 Å². The Kier molecular flexibility index (Phi) is 10.2. The van der Waals surface area contributed by atoms with Crippen molar-refractivity contribution in [2.24, 2.45) is 0 Å². The molecule has 14 heteroatoms. The summed E-state index contributed by atoms with van der Waals surface area (Å²) in [5, 5.41) is 10.1. The molecule has 2 saturated carbocycles. The molecule has 2 aromatic rings. The molecule has 1 aromatic heterocycles. The molecule has 14 nitrogen and oxygen atoms in total. The predicted octanol–water partition coefficient (Wildman–Crippen LogP) is 1.86. The molecule has 0 spiro atoms. The number of aromatic nitrogens is 2. The maximum atomic E-state index is 13.2. The van der Waals surface area contributed by atoms with Crippen molar-refractivity contribution in [2.45, 2.75) is 76.0 Å². The molecule has 3 heterocycles. The number of nitrogens with zero attached hydrogens (tertiary/aromatic N) is 5. The third kappa shape index (κ3) is 7.86. The Morgan fingerprint density at radius 1 is 0.809 bits per heavy atom. The van der Waals surface area contributed by atoms with E-state index >= 15 is 0 Å². The van der Waals surface area contributed by atoms with Gasteiger partial charge in [-0.1, -0.05) is 18.2 Å². The minimum Gasteiger partial charge on any atom is -0.467 e. The second-order valence-corrected chi connectivity index (χ2v) is 12.6. The first-order valence-corrected chi connectivity index (χ1v) is 16.8. The zero-order chi connectivity index (χ0) is 32.8. The molecule has 1 aromatic carbocycles. The Bertz CT molecular complexity index is 1450. The highest BCUT2D eigenvalue weighted by Crippen LogP contribution is 2.24. The van der Waals surface area contributed by atoms with Gasteiger partial charge in [-0.3, -0.25) is 19.2 Å². The number of ether oxygens (including phenoxy) is 2. The van der Waals surface area contributed by atoms with E-state index in [4.69, 9.17) is 9.47 Å². The lowest BCUT2D eigenvalue weighted by molar-refractivity contribution is -0.140. The fourth-order valence-corrected chi connectivity index (χ4v) is 6.46. The third-order valence-electron chi connectivity index (χ3n) is 9.44. The fourth-order valence-electron chi connectivity index (χ4n) is 6.46. The maximum absolute atomic E-state index is 13.2. The molecular formula is C33H43N7O7. The van der Waals surface area contributed by atoms with Crippen molar-refractivity contribution >= 4 is 29.7 Å². The van der Waals surface area contributed by atoms with Gasteiger partial charge >= 0.3 is 6.09 Å². The van der Waals surface area contributed by atoms with Crippen molar-refractivity contribution in [1.82, 2.24) is 35.1 Å². The zero-order valence-corrected chi connectivity index (χ0v) is 26.6. The standard InChI is InChI=1S/C33H43N7O7/c41-28(37-16-18-38(19-17-37)33(45)47-25-12-4-5-13-25)21-34-31(43)26-20-30(40(36-26)24-10-2-1-3-11-24)46-22-29(42)39-15-7-14-27(39)32(44)35-23-8-6-9-23/h1-3,10-11,20,23,25,27H,4-9,12-19,21-22H2,(H,34,43)(H,35,44). The van der Waals surface area contributed by atoms with E-state index in [1.807, 2.05) is 18.2 Å². The Labute approximate surface area is 273 Å². The molecule has 5 amide bonds. The first kappa shape index (κ1) is 32.3. The molecule has 0 radical (unpaired) electrons. The Morgan fingerprint density at radius 3 is 2.23 bits per heavy atom. The number of hydrogen-bond acceptors (Lipinski definition) is 8. The number of piperazine rings is 1. The number of carbonyl (C=O) groups is 5. The summed E-state index contributed by atoms with van der Waals surface area (Å²) in [4.78, 5) is 69.3. The van der Waals surface area contributed by atoms with Crippen LogP contribution in [0.25, 0.3) is 5.69 Å². The van der Waals surface area contributed by atoms with Crippen molar-refractivity contribution < 1.29 is 33.4 Å². The van der Waals surface area contributed by atoms with Gasteiger partial charge in [0.05, 0.1) is 12.2 Å².